The first-order valence-corrected chi connectivity index (χ1v) is 9.46. The Labute approximate surface area is 142 Å². The maximum atomic E-state index is 12.2. The summed E-state index contributed by atoms with van der Waals surface area (Å²) in [6.45, 7) is 6.68. The summed E-state index contributed by atoms with van der Waals surface area (Å²) in [4.78, 5) is 12.4. The molecule has 0 unspecified atom stereocenters. The molecule has 0 saturated carbocycles. The van der Waals surface area contributed by atoms with Gasteiger partial charge in [0.1, 0.15) is 11.7 Å². The maximum absolute atomic E-state index is 12.2. The van der Waals surface area contributed by atoms with E-state index in [9.17, 15) is 18.3 Å². The Hall–Kier alpha value is -1.86. The molecule has 0 bridgehead atoms. The van der Waals surface area contributed by atoms with E-state index in [-0.39, 0.29) is 10.7 Å². The van der Waals surface area contributed by atoms with E-state index in [2.05, 4.69) is 0 Å². The number of hydrogen-bond acceptors (Lipinski definition) is 6. The Balaban J connectivity index is 2.52. The van der Waals surface area contributed by atoms with Crippen LogP contribution in [0.2, 0.25) is 0 Å². The quantitative estimate of drug-likeness (QED) is 0.813. The third kappa shape index (κ3) is 3.62. The van der Waals surface area contributed by atoms with Crippen LogP contribution in [0.4, 0.5) is 0 Å². The van der Waals surface area contributed by atoms with Crippen LogP contribution in [0.25, 0.3) is 5.57 Å². The molecule has 1 N–H and O–H groups in total. The molecule has 7 heteroatoms. The number of carbonyl (C=O) groups is 1. The number of esters is 1. The third-order valence-corrected chi connectivity index (χ3v) is 5.05. The molecule has 1 aromatic carbocycles. The number of cyclic esters (lactones) is 1. The van der Waals surface area contributed by atoms with Crippen molar-refractivity contribution in [1.29, 1.82) is 0 Å². The first-order valence-electron chi connectivity index (χ1n) is 7.57. The summed E-state index contributed by atoms with van der Waals surface area (Å²) in [5.74, 6) is -0.560. The molecule has 0 aliphatic carbocycles. The maximum Gasteiger partial charge on any atom is 0.374 e. The molecule has 0 amide bonds. The predicted molar refractivity (Wildman–Crippen MR) is 88.9 cm³/mol. The summed E-state index contributed by atoms with van der Waals surface area (Å²) in [5, 5.41) is 9.61. The van der Waals surface area contributed by atoms with Gasteiger partial charge in [-0.3, -0.25) is 0 Å². The minimum Gasteiger partial charge on any atom is -0.480 e. The van der Waals surface area contributed by atoms with Gasteiger partial charge in [-0.05, 0) is 45.4 Å². The van der Waals surface area contributed by atoms with Crippen LogP contribution < -0.4 is 0 Å². The predicted octanol–water partition coefficient (Wildman–Crippen LogP) is 1.92. The molecule has 6 nitrogen and oxygen atoms in total. The largest absolute Gasteiger partial charge is 0.480 e. The van der Waals surface area contributed by atoms with Gasteiger partial charge in [0, 0.05) is 6.26 Å². The fourth-order valence-corrected chi connectivity index (χ4v) is 3.07. The minimum absolute atomic E-state index is 0.0421. The van der Waals surface area contributed by atoms with Crippen molar-refractivity contribution in [2.24, 2.45) is 0 Å². The molecule has 0 radical (unpaired) electrons. The summed E-state index contributed by atoms with van der Waals surface area (Å²) in [6.07, 6.45) is -0.221. The van der Waals surface area contributed by atoms with Gasteiger partial charge in [0.2, 0.25) is 5.76 Å². The molecule has 0 saturated heterocycles. The Bertz CT molecular complexity index is 772. The van der Waals surface area contributed by atoms with E-state index in [0.29, 0.717) is 11.1 Å². The summed E-state index contributed by atoms with van der Waals surface area (Å²) in [5.41, 5.74) is 0.239. The van der Waals surface area contributed by atoms with Crippen LogP contribution >= 0.6 is 0 Å². The van der Waals surface area contributed by atoms with Crippen molar-refractivity contribution < 1.29 is 27.8 Å². The van der Waals surface area contributed by atoms with E-state index in [1.807, 2.05) is 0 Å². The van der Waals surface area contributed by atoms with E-state index in [1.54, 1.807) is 39.8 Å². The number of sulfone groups is 1. The fraction of sp³-hybridized carbons (Fsp3) is 0.471. The second kappa shape index (κ2) is 6.22. The molecule has 0 spiro atoms. The van der Waals surface area contributed by atoms with Gasteiger partial charge in [-0.1, -0.05) is 12.1 Å². The number of aliphatic hydroxyl groups excluding tert-OH is 1. The monoisotopic (exact) mass is 354 g/mol. The normalized spacial score (nSPS) is 19.8. The van der Waals surface area contributed by atoms with Gasteiger partial charge in [0.05, 0.1) is 16.6 Å². The van der Waals surface area contributed by atoms with E-state index in [1.165, 1.54) is 12.1 Å². The third-order valence-electron chi connectivity index (χ3n) is 3.92. The number of hydrogen-bond donors (Lipinski definition) is 1. The number of benzene rings is 1. The zero-order valence-corrected chi connectivity index (χ0v) is 15.2. The van der Waals surface area contributed by atoms with Crippen molar-refractivity contribution in [3.63, 3.8) is 0 Å². The van der Waals surface area contributed by atoms with Gasteiger partial charge in [-0.2, -0.15) is 0 Å². The average molecular weight is 354 g/mol. The molecule has 0 aromatic heterocycles. The SMILES string of the molecule is C[C@H](O)[C@@H](C)OC1=C(c2ccc(S(C)(=O)=O)cc2)C(C)(C)OC1=O. The summed E-state index contributed by atoms with van der Waals surface area (Å²) in [6, 6.07) is 6.19. The average Bonchev–Trinajstić information content (AvgIpc) is 2.67. The van der Waals surface area contributed by atoms with Crippen LogP contribution in [0.15, 0.2) is 34.9 Å². The van der Waals surface area contributed by atoms with Gasteiger partial charge in [0.25, 0.3) is 0 Å². The molecule has 1 aliphatic rings. The number of rotatable bonds is 5. The Kier molecular flexibility index (Phi) is 4.79. The molecular formula is C17H22O6S. The lowest BCUT2D eigenvalue weighted by atomic mass is 9.92. The van der Waals surface area contributed by atoms with Crippen molar-refractivity contribution in [2.45, 2.75) is 50.4 Å². The van der Waals surface area contributed by atoms with Crippen molar-refractivity contribution in [1.82, 2.24) is 0 Å². The smallest absolute Gasteiger partial charge is 0.374 e. The first kappa shape index (κ1) is 18.5. The molecule has 24 heavy (non-hydrogen) atoms. The molecular weight excluding hydrogens is 332 g/mol. The first-order chi connectivity index (χ1) is 10.9. The van der Waals surface area contributed by atoms with Crippen LogP contribution in [0.5, 0.6) is 0 Å². The molecule has 2 rings (SSSR count). The minimum atomic E-state index is -3.30. The summed E-state index contributed by atoms with van der Waals surface area (Å²) in [7, 11) is -3.30. The van der Waals surface area contributed by atoms with Crippen molar-refractivity contribution in [2.75, 3.05) is 6.26 Å². The fourth-order valence-electron chi connectivity index (χ4n) is 2.44. The zero-order chi connectivity index (χ0) is 18.3. The Morgan fingerprint density at radius 3 is 2.17 bits per heavy atom. The summed E-state index contributed by atoms with van der Waals surface area (Å²) < 4.78 is 34.2. The zero-order valence-electron chi connectivity index (χ0n) is 14.4. The topological polar surface area (TPSA) is 89.9 Å². The van der Waals surface area contributed by atoms with E-state index in [4.69, 9.17) is 9.47 Å². The Morgan fingerprint density at radius 2 is 1.71 bits per heavy atom. The number of ether oxygens (including phenoxy) is 2. The van der Waals surface area contributed by atoms with Gasteiger partial charge in [-0.25, -0.2) is 13.2 Å². The van der Waals surface area contributed by atoms with Gasteiger partial charge >= 0.3 is 5.97 Å². The standard InChI is InChI=1S/C17H22O6S/c1-10(18)11(2)22-15-14(17(3,4)23-16(15)19)12-6-8-13(9-7-12)24(5,20)21/h6-11,18H,1-5H3/t10-,11+/m0/s1. The van der Waals surface area contributed by atoms with E-state index >= 15 is 0 Å². The van der Waals surface area contributed by atoms with Crippen LogP contribution in [-0.4, -0.2) is 43.6 Å². The van der Waals surface area contributed by atoms with Crippen LogP contribution in [0.3, 0.4) is 0 Å². The van der Waals surface area contributed by atoms with Crippen LogP contribution in [0, 0.1) is 0 Å². The molecule has 2 atom stereocenters. The lowest BCUT2D eigenvalue weighted by Crippen LogP contribution is -2.24. The second-order valence-electron chi connectivity index (χ2n) is 6.46. The number of carbonyl (C=O) groups excluding carboxylic acids is 1. The van der Waals surface area contributed by atoms with E-state index in [0.717, 1.165) is 6.26 Å². The van der Waals surface area contributed by atoms with Crippen molar-refractivity contribution >= 4 is 21.4 Å². The van der Waals surface area contributed by atoms with Gasteiger partial charge in [-0.15, -0.1) is 0 Å². The van der Waals surface area contributed by atoms with Gasteiger partial charge in [0.15, 0.2) is 9.84 Å². The molecule has 1 aliphatic heterocycles. The van der Waals surface area contributed by atoms with Crippen LogP contribution in [0.1, 0.15) is 33.3 Å². The van der Waals surface area contributed by atoms with Crippen molar-refractivity contribution in [3.8, 4) is 0 Å². The van der Waals surface area contributed by atoms with Crippen LogP contribution in [-0.2, 0) is 24.1 Å². The second-order valence-corrected chi connectivity index (χ2v) is 8.48. The van der Waals surface area contributed by atoms with E-state index < -0.39 is 33.6 Å². The lowest BCUT2D eigenvalue weighted by Gasteiger charge is -2.22. The van der Waals surface area contributed by atoms with Gasteiger partial charge < -0.3 is 14.6 Å². The molecule has 1 aromatic rings. The highest BCUT2D eigenvalue weighted by Gasteiger charge is 2.43. The summed E-state index contributed by atoms with van der Waals surface area (Å²) >= 11 is 0. The molecule has 0 fully saturated rings. The highest BCUT2D eigenvalue weighted by Crippen LogP contribution is 2.40. The highest BCUT2D eigenvalue weighted by atomic mass is 32.2. The Morgan fingerprint density at radius 1 is 1.17 bits per heavy atom. The molecule has 1 heterocycles. The highest BCUT2D eigenvalue weighted by molar-refractivity contribution is 7.90. The number of aliphatic hydroxyl groups is 1. The van der Waals surface area contributed by atoms with Crippen molar-refractivity contribution in [3.05, 3.63) is 35.6 Å². The molecule has 132 valence electrons. The lowest BCUT2D eigenvalue weighted by molar-refractivity contribution is -0.148.